The number of pyridine rings is 1. The molecule has 0 saturated carbocycles. The molecule has 0 aliphatic rings. The predicted molar refractivity (Wildman–Crippen MR) is 99.3 cm³/mol. The first-order chi connectivity index (χ1) is 13.3. The van der Waals surface area contributed by atoms with Gasteiger partial charge in [-0.15, -0.1) is 5.10 Å². The molecule has 0 amide bonds. The van der Waals surface area contributed by atoms with Gasteiger partial charge in [-0.2, -0.15) is 4.98 Å². The number of nitrogens with zero attached hydrogens (tertiary/aromatic N) is 5. The monoisotopic (exact) mass is 400 g/mol. The summed E-state index contributed by atoms with van der Waals surface area (Å²) in [5.41, 5.74) is 0.664. The molecule has 0 spiro atoms. The topological polar surface area (TPSA) is 103 Å². The number of benzene rings is 1. The van der Waals surface area contributed by atoms with Gasteiger partial charge >= 0.3 is 0 Å². The van der Waals surface area contributed by atoms with Crippen molar-refractivity contribution in [1.29, 1.82) is 0 Å². The van der Waals surface area contributed by atoms with Crippen molar-refractivity contribution >= 4 is 23.4 Å². The van der Waals surface area contributed by atoms with Gasteiger partial charge in [-0.1, -0.05) is 34.6 Å². The summed E-state index contributed by atoms with van der Waals surface area (Å²) in [6.07, 6.45) is 1.68. The van der Waals surface area contributed by atoms with Crippen molar-refractivity contribution in [3.63, 3.8) is 0 Å². The van der Waals surface area contributed by atoms with Crippen molar-refractivity contribution in [3.8, 4) is 17.3 Å². The Bertz CT molecular complexity index is 1010. The number of hydrogen-bond acceptors (Lipinski definition) is 8. The molecule has 0 saturated heterocycles. The normalized spacial score (nSPS) is 10.9. The third-order valence-electron chi connectivity index (χ3n) is 3.39. The molecule has 4 aromatic rings. The Morgan fingerprint density at radius 2 is 2.00 bits per heavy atom. The fourth-order valence-corrected chi connectivity index (χ4v) is 2.91. The molecule has 0 radical (unpaired) electrons. The second-order valence-corrected chi connectivity index (χ2v) is 6.70. The predicted octanol–water partition coefficient (Wildman–Crippen LogP) is 3.77. The Kier molecular flexibility index (Phi) is 5.31. The van der Waals surface area contributed by atoms with Crippen LogP contribution in [0.2, 0.25) is 5.02 Å². The SMILES string of the molecule is Clc1ccc(OCc2nc(SCc3nc(-c4ccccn4)no3)n[nH]2)cc1. The summed E-state index contributed by atoms with van der Waals surface area (Å²) in [5.74, 6) is 2.71. The quantitative estimate of drug-likeness (QED) is 0.467. The van der Waals surface area contributed by atoms with Gasteiger partial charge in [0.1, 0.15) is 18.1 Å². The van der Waals surface area contributed by atoms with Gasteiger partial charge in [0, 0.05) is 11.2 Å². The number of nitrogens with one attached hydrogen (secondary N) is 1. The lowest BCUT2D eigenvalue weighted by Crippen LogP contribution is -1.97. The minimum absolute atomic E-state index is 0.277. The highest BCUT2D eigenvalue weighted by Crippen LogP contribution is 2.21. The minimum Gasteiger partial charge on any atom is -0.486 e. The molecule has 0 aliphatic heterocycles. The van der Waals surface area contributed by atoms with E-state index in [2.05, 4.69) is 30.3 Å². The molecule has 4 rings (SSSR count). The van der Waals surface area contributed by atoms with Crippen LogP contribution in [0, 0.1) is 0 Å². The summed E-state index contributed by atoms with van der Waals surface area (Å²) in [5, 5.41) is 12.2. The number of halogens is 1. The van der Waals surface area contributed by atoms with Gasteiger partial charge in [0.2, 0.25) is 16.9 Å². The van der Waals surface area contributed by atoms with E-state index in [4.69, 9.17) is 20.9 Å². The highest BCUT2D eigenvalue weighted by Gasteiger charge is 2.11. The molecular weight excluding hydrogens is 388 g/mol. The molecule has 3 aromatic heterocycles. The van der Waals surface area contributed by atoms with E-state index in [1.165, 1.54) is 11.8 Å². The van der Waals surface area contributed by atoms with Crippen LogP contribution in [0.25, 0.3) is 11.5 Å². The van der Waals surface area contributed by atoms with Gasteiger partial charge in [0.05, 0.1) is 5.75 Å². The Morgan fingerprint density at radius 1 is 1.11 bits per heavy atom. The van der Waals surface area contributed by atoms with E-state index >= 15 is 0 Å². The fourth-order valence-electron chi connectivity index (χ4n) is 2.13. The van der Waals surface area contributed by atoms with Crippen LogP contribution < -0.4 is 4.74 Å². The van der Waals surface area contributed by atoms with E-state index in [1.54, 1.807) is 30.5 Å². The Morgan fingerprint density at radius 3 is 2.81 bits per heavy atom. The van der Waals surface area contributed by atoms with Crippen LogP contribution in [0.4, 0.5) is 0 Å². The molecule has 8 nitrogen and oxygen atoms in total. The van der Waals surface area contributed by atoms with Gasteiger partial charge in [0.25, 0.3) is 0 Å². The van der Waals surface area contributed by atoms with Crippen molar-refractivity contribution < 1.29 is 9.26 Å². The molecule has 3 heterocycles. The molecule has 10 heteroatoms. The van der Waals surface area contributed by atoms with E-state index in [1.807, 2.05) is 18.2 Å². The number of thioether (sulfide) groups is 1. The molecule has 0 aliphatic carbocycles. The lowest BCUT2D eigenvalue weighted by molar-refractivity contribution is 0.296. The van der Waals surface area contributed by atoms with E-state index in [0.29, 0.717) is 44.9 Å². The first-order valence-corrected chi connectivity index (χ1v) is 9.29. The summed E-state index contributed by atoms with van der Waals surface area (Å²) in [6, 6.07) is 12.6. The Labute approximate surface area is 163 Å². The van der Waals surface area contributed by atoms with Crippen LogP contribution in [0.3, 0.4) is 0 Å². The third-order valence-corrected chi connectivity index (χ3v) is 4.47. The van der Waals surface area contributed by atoms with Crippen LogP contribution in [-0.4, -0.2) is 30.3 Å². The van der Waals surface area contributed by atoms with Crippen LogP contribution >= 0.6 is 23.4 Å². The van der Waals surface area contributed by atoms with Crippen molar-refractivity contribution in [3.05, 3.63) is 65.4 Å². The number of aromatic nitrogens is 6. The summed E-state index contributed by atoms with van der Waals surface area (Å²) in [6.45, 7) is 0.277. The lowest BCUT2D eigenvalue weighted by atomic mass is 10.3. The maximum absolute atomic E-state index is 5.85. The molecule has 1 N–H and O–H groups in total. The second-order valence-electron chi connectivity index (χ2n) is 5.32. The summed E-state index contributed by atoms with van der Waals surface area (Å²) in [4.78, 5) is 12.9. The van der Waals surface area contributed by atoms with Crippen molar-refractivity contribution in [2.24, 2.45) is 0 Å². The fraction of sp³-hybridized carbons (Fsp3) is 0.118. The van der Waals surface area contributed by atoms with Crippen molar-refractivity contribution in [1.82, 2.24) is 30.3 Å². The standard InChI is InChI=1S/C17H13ClN6O2S/c18-11-4-6-12(7-5-11)25-9-14-20-17(23-22-14)27-10-15-21-16(24-26-15)13-3-1-2-8-19-13/h1-8H,9-10H2,(H,20,22,23). The molecule has 1 aromatic carbocycles. The Balaban J connectivity index is 1.31. The first kappa shape index (κ1) is 17.5. The summed E-state index contributed by atoms with van der Waals surface area (Å²) < 4.78 is 10.9. The van der Waals surface area contributed by atoms with Gasteiger partial charge in [-0.3, -0.25) is 10.1 Å². The van der Waals surface area contributed by atoms with Crippen molar-refractivity contribution in [2.75, 3.05) is 0 Å². The summed E-state index contributed by atoms with van der Waals surface area (Å²) >= 11 is 7.23. The minimum atomic E-state index is 0.277. The zero-order valence-corrected chi connectivity index (χ0v) is 15.4. The largest absolute Gasteiger partial charge is 0.486 e. The number of aromatic amines is 1. The molecule has 27 heavy (non-hydrogen) atoms. The van der Waals surface area contributed by atoms with E-state index in [9.17, 15) is 0 Å². The van der Waals surface area contributed by atoms with Crippen LogP contribution in [0.1, 0.15) is 11.7 Å². The Hall–Kier alpha value is -2.91. The van der Waals surface area contributed by atoms with Gasteiger partial charge < -0.3 is 9.26 Å². The van der Waals surface area contributed by atoms with Crippen molar-refractivity contribution in [2.45, 2.75) is 17.5 Å². The van der Waals surface area contributed by atoms with Gasteiger partial charge in [-0.05, 0) is 36.4 Å². The van der Waals surface area contributed by atoms with Gasteiger partial charge in [-0.25, -0.2) is 4.98 Å². The third kappa shape index (κ3) is 4.63. The second kappa shape index (κ2) is 8.19. The van der Waals surface area contributed by atoms with Crippen LogP contribution in [0.5, 0.6) is 5.75 Å². The highest BCUT2D eigenvalue weighted by molar-refractivity contribution is 7.98. The zero-order chi connectivity index (χ0) is 18.5. The van der Waals surface area contributed by atoms with E-state index in [0.717, 1.165) is 0 Å². The molecule has 136 valence electrons. The number of H-pyrrole nitrogens is 1. The number of rotatable bonds is 7. The smallest absolute Gasteiger partial charge is 0.237 e. The molecular formula is C17H13ClN6O2S. The van der Waals surface area contributed by atoms with Crippen LogP contribution in [-0.2, 0) is 12.4 Å². The van der Waals surface area contributed by atoms with E-state index < -0.39 is 0 Å². The highest BCUT2D eigenvalue weighted by atomic mass is 35.5. The van der Waals surface area contributed by atoms with E-state index in [-0.39, 0.29) is 6.61 Å². The molecule has 0 bridgehead atoms. The number of ether oxygens (including phenoxy) is 1. The zero-order valence-electron chi connectivity index (χ0n) is 13.9. The average Bonchev–Trinajstić information content (AvgIpc) is 3.36. The summed E-state index contributed by atoms with van der Waals surface area (Å²) in [7, 11) is 0. The maximum atomic E-state index is 5.85. The maximum Gasteiger partial charge on any atom is 0.237 e. The number of hydrogen-bond donors (Lipinski definition) is 1. The molecule has 0 unspecified atom stereocenters. The average molecular weight is 401 g/mol. The van der Waals surface area contributed by atoms with Crippen LogP contribution in [0.15, 0.2) is 58.3 Å². The first-order valence-electron chi connectivity index (χ1n) is 7.93. The lowest BCUT2D eigenvalue weighted by Gasteiger charge is -2.02. The molecule has 0 atom stereocenters. The molecule has 0 fully saturated rings. The van der Waals surface area contributed by atoms with Gasteiger partial charge in [0.15, 0.2) is 5.82 Å².